The summed E-state index contributed by atoms with van der Waals surface area (Å²) in [5, 5.41) is 2.95. The van der Waals surface area contributed by atoms with E-state index in [-0.39, 0.29) is 30.1 Å². The van der Waals surface area contributed by atoms with Crippen LogP contribution in [0.25, 0.3) is 11.0 Å². The fourth-order valence-corrected chi connectivity index (χ4v) is 3.37. The van der Waals surface area contributed by atoms with Gasteiger partial charge in [-0.05, 0) is 24.6 Å². The van der Waals surface area contributed by atoms with E-state index in [4.69, 9.17) is 4.84 Å². The van der Waals surface area contributed by atoms with Gasteiger partial charge >= 0.3 is 0 Å². The zero-order valence-corrected chi connectivity index (χ0v) is 17.6. The number of benzene rings is 2. The topological polar surface area (TPSA) is 96.5 Å². The molecule has 172 valence electrons. The van der Waals surface area contributed by atoms with Crippen molar-refractivity contribution < 1.29 is 27.6 Å². The molecule has 2 heterocycles. The quantitative estimate of drug-likeness (QED) is 0.243. The van der Waals surface area contributed by atoms with Crippen LogP contribution in [0.5, 0.6) is 0 Å². The van der Waals surface area contributed by atoms with Crippen molar-refractivity contribution in [3.05, 3.63) is 59.0 Å². The van der Waals surface area contributed by atoms with Gasteiger partial charge in [0.15, 0.2) is 29.1 Å². The number of nitrogens with one attached hydrogen (secondary N) is 2. The van der Waals surface area contributed by atoms with Crippen molar-refractivity contribution >= 4 is 34.2 Å². The van der Waals surface area contributed by atoms with Crippen molar-refractivity contribution in [2.24, 2.45) is 0 Å². The van der Waals surface area contributed by atoms with Gasteiger partial charge in [-0.2, -0.15) is 0 Å². The van der Waals surface area contributed by atoms with Gasteiger partial charge in [-0.1, -0.05) is 6.92 Å². The molecule has 0 saturated carbocycles. The number of aromatic nitrogens is 2. The third-order valence-corrected chi connectivity index (χ3v) is 5.03. The molecule has 0 radical (unpaired) electrons. The van der Waals surface area contributed by atoms with Gasteiger partial charge in [0.05, 0.1) is 35.9 Å². The van der Waals surface area contributed by atoms with Gasteiger partial charge in [0.1, 0.15) is 5.69 Å². The molecule has 2 N–H and O–H groups in total. The summed E-state index contributed by atoms with van der Waals surface area (Å²) in [7, 11) is 0. The number of hydrogen-bond acceptors (Lipinski definition) is 7. The first-order valence-electron chi connectivity index (χ1n) is 10.3. The highest BCUT2D eigenvalue weighted by Crippen LogP contribution is 2.27. The average molecular weight is 459 g/mol. The second-order valence-electron chi connectivity index (χ2n) is 7.34. The van der Waals surface area contributed by atoms with Gasteiger partial charge in [-0.25, -0.2) is 18.2 Å². The van der Waals surface area contributed by atoms with E-state index in [1.54, 1.807) is 0 Å². The number of anilines is 2. The van der Waals surface area contributed by atoms with Crippen LogP contribution in [0.2, 0.25) is 0 Å². The van der Waals surface area contributed by atoms with Gasteiger partial charge in [0.2, 0.25) is 5.91 Å². The first kappa shape index (κ1) is 22.6. The van der Waals surface area contributed by atoms with E-state index in [1.807, 2.05) is 6.92 Å². The molecular formula is C22H20F3N5O3. The number of nitrogens with zero attached hydrogens (tertiary/aromatic N) is 3. The van der Waals surface area contributed by atoms with Gasteiger partial charge in [0.25, 0.3) is 0 Å². The van der Waals surface area contributed by atoms with Crippen molar-refractivity contribution in [3.8, 4) is 0 Å². The van der Waals surface area contributed by atoms with Crippen LogP contribution < -0.4 is 15.7 Å². The van der Waals surface area contributed by atoms with Crippen LogP contribution >= 0.6 is 0 Å². The molecule has 0 aliphatic carbocycles. The first-order chi connectivity index (χ1) is 15.9. The maximum atomic E-state index is 14.9. The predicted octanol–water partition coefficient (Wildman–Crippen LogP) is 2.97. The summed E-state index contributed by atoms with van der Waals surface area (Å²) < 4.78 is 43.4. The maximum Gasteiger partial charge on any atom is 0.242 e. The van der Waals surface area contributed by atoms with Gasteiger partial charge in [-0.3, -0.25) is 29.8 Å². The molecule has 4 rings (SSSR count). The minimum Gasteiger partial charge on any atom is -0.307 e. The summed E-state index contributed by atoms with van der Waals surface area (Å²) in [5.74, 6) is -5.25. The zero-order valence-electron chi connectivity index (χ0n) is 17.6. The summed E-state index contributed by atoms with van der Waals surface area (Å²) >= 11 is 0. The largest absolute Gasteiger partial charge is 0.307 e. The van der Waals surface area contributed by atoms with E-state index in [0.29, 0.717) is 36.9 Å². The fourth-order valence-electron chi connectivity index (χ4n) is 3.37. The Balaban J connectivity index is 1.71. The second kappa shape index (κ2) is 9.51. The molecule has 11 heteroatoms. The van der Waals surface area contributed by atoms with Crippen molar-refractivity contribution in [1.82, 2.24) is 15.3 Å². The number of ketones is 1. The molecule has 1 amide bonds. The number of halogens is 3. The second-order valence-corrected chi connectivity index (χ2v) is 7.34. The van der Waals surface area contributed by atoms with E-state index in [1.165, 1.54) is 29.3 Å². The van der Waals surface area contributed by atoms with Crippen molar-refractivity contribution in [2.75, 3.05) is 36.6 Å². The molecule has 0 bridgehead atoms. The number of piperazine rings is 1. The van der Waals surface area contributed by atoms with Crippen LogP contribution in [-0.4, -0.2) is 47.9 Å². The van der Waals surface area contributed by atoms with Crippen molar-refractivity contribution in [1.29, 1.82) is 0 Å². The van der Waals surface area contributed by atoms with Gasteiger partial charge in [0, 0.05) is 24.7 Å². The molecule has 1 aliphatic heterocycles. The number of rotatable bonds is 7. The van der Waals surface area contributed by atoms with Gasteiger partial charge in [-0.15, -0.1) is 0 Å². The molecule has 1 fully saturated rings. The lowest BCUT2D eigenvalue weighted by molar-refractivity contribution is -0.118. The molecule has 0 atom stereocenters. The lowest BCUT2D eigenvalue weighted by Crippen LogP contribution is -2.48. The Morgan fingerprint density at radius 1 is 1.21 bits per heavy atom. The monoisotopic (exact) mass is 459 g/mol. The Bertz CT molecular complexity index is 1240. The summed E-state index contributed by atoms with van der Waals surface area (Å²) in [6.07, 6.45) is 2.04. The molecular weight excluding hydrogens is 439 g/mol. The molecule has 33 heavy (non-hydrogen) atoms. The minimum atomic E-state index is -1.61. The molecule has 2 aromatic carbocycles. The molecule has 1 aliphatic rings. The first-order valence-corrected chi connectivity index (χ1v) is 10.3. The highest BCUT2D eigenvalue weighted by Gasteiger charge is 2.26. The smallest absolute Gasteiger partial charge is 0.242 e. The highest BCUT2D eigenvalue weighted by molar-refractivity contribution is 6.11. The van der Waals surface area contributed by atoms with Crippen LogP contribution in [0.1, 0.15) is 29.3 Å². The molecule has 1 saturated heterocycles. The van der Waals surface area contributed by atoms with Crippen LogP contribution in [-0.2, 0) is 9.63 Å². The Hall–Kier alpha value is -3.57. The minimum absolute atomic E-state index is 0.121. The van der Waals surface area contributed by atoms with Crippen LogP contribution in [0, 0.1) is 17.5 Å². The van der Waals surface area contributed by atoms with Crippen molar-refractivity contribution in [2.45, 2.75) is 13.3 Å². The third kappa shape index (κ3) is 4.50. The molecule has 3 aromatic rings. The van der Waals surface area contributed by atoms with Crippen LogP contribution in [0.4, 0.5) is 24.7 Å². The highest BCUT2D eigenvalue weighted by atomic mass is 19.2. The van der Waals surface area contributed by atoms with Crippen LogP contribution in [0.3, 0.4) is 0 Å². The van der Waals surface area contributed by atoms with Gasteiger partial charge < -0.3 is 5.32 Å². The molecule has 8 nitrogen and oxygen atoms in total. The number of fused-ring (bicyclic) bond motifs is 1. The van der Waals surface area contributed by atoms with Crippen molar-refractivity contribution in [3.63, 3.8) is 0 Å². The molecule has 0 spiro atoms. The Kier molecular flexibility index (Phi) is 6.52. The summed E-state index contributed by atoms with van der Waals surface area (Å²) in [6, 6.07) is 4.65. The average Bonchev–Trinajstić information content (AvgIpc) is 2.82. The Morgan fingerprint density at radius 3 is 2.79 bits per heavy atom. The molecule has 1 aromatic heterocycles. The fraction of sp³-hybridized carbons (Fsp3) is 0.273. The van der Waals surface area contributed by atoms with E-state index < -0.39 is 34.5 Å². The third-order valence-electron chi connectivity index (χ3n) is 5.03. The summed E-state index contributed by atoms with van der Waals surface area (Å²) in [4.78, 5) is 40.2. The Labute approximate surface area is 186 Å². The zero-order chi connectivity index (χ0) is 23.5. The van der Waals surface area contributed by atoms with E-state index in [0.717, 1.165) is 0 Å². The maximum absolute atomic E-state index is 14.9. The van der Waals surface area contributed by atoms with E-state index in [2.05, 4.69) is 20.8 Å². The molecule has 0 unspecified atom stereocenters. The van der Waals surface area contributed by atoms with E-state index in [9.17, 15) is 22.8 Å². The Morgan fingerprint density at radius 2 is 2.03 bits per heavy atom. The summed E-state index contributed by atoms with van der Waals surface area (Å²) in [6.45, 7) is 3.15. The lowest BCUT2D eigenvalue weighted by Gasteiger charge is -2.26. The number of carbonyl (C=O) groups is 2. The number of carbonyl (C=O) groups excluding carboxylic acids is 2. The standard InChI is InChI=1S/C22H20F3N5O3/c1-2-7-33-29-16-9-13(23)20(24)19(21(16)25)22(32)12-3-4-14-15(8-12)28-17(10-27-14)30-6-5-26-11-18(30)31/h3-4,8-10,26,29H,2,5-7,11H2,1H3. The van der Waals surface area contributed by atoms with E-state index >= 15 is 0 Å². The van der Waals surface area contributed by atoms with Crippen LogP contribution in [0.15, 0.2) is 30.5 Å². The normalized spacial score (nSPS) is 14.1. The predicted molar refractivity (Wildman–Crippen MR) is 114 cm³/mol. The lowest BCUT2D eigenvalue weighted by atomic mass is 10.0. The number of hydrogen-bond donors (Lipinski definition) is 2. The number of amides is 1. The SMILES string of the molecule is CCCONc1cc(F)c(F)c(C(=O)c2ccc3ncc(N4CCNCC4=O)nc3c2)c1F. The summed E-state index contributed by atoms with van der Waals surface area (Å²) in [5.41, 5.74) is 1.19.